The summed E-state index contributed by atoms with van der Waals surface area (Å²) >= 11 is 4.85. The highest BCUT2D eigenvalue weighted by molar-refractivity contribution is 9.10. The summed E-state index contributed by atoms with van der Waals surface area (Å²) in [6.45, 7) is 1.61. The molecule has 0 aliphatic carbocycles. The van der Waals surface area contributed by atoms with Crippen molar-refractivity contribution in [2.75, 3.05) is 26.7 Å². The highest BCUT2D eigenvalue weighted by Gasteiger charge is 2.13. The molecular weight excluding hydrogens is 302 g/mol. The Morgan fingerprint density at radius 1 is 1.47 bits per heavy atom. The molecule has 1 heterocycles. The van der Waals surface area contributed by atoms with E-state index in [9.17, 15) is 4.79 Å². The van der Waals surface area contributed by atoms with Gasteiger partial charge in [0.05, 0.1) is 11.4 Å². The number of Topliss-reactive ketones (excluding diaryl/α,β-unsaturated/α-hetero) is 1. The molecule has 5 heteroatoms. The number of carbonyl (C=O) groups is 1. The number of likely N-dealkylation sites (N-methyl/N-ethyl adjacent to an activating group) is 1. The van der Waals surface area contributed by atoms with E-state index < -0.39 is 0 Å². The smallest absolute Gasteiger partial charge is 0.187 e. The molecule has 0 saturated heterocycles. The van der Waals surface area contributed by atoms with Gasteiger partial charge in [-0.25, -0.2) is 0 Å². The fraction of sp³-hybridized carbons (Fsp3) is 0.583. The van der Waals surface area contributed by atoms with Crippen molar-refractivity contribution in [3.63, 3.8) is 0 Å². The average Bonchev–Trinajstić information content (AvgIpc) is 2.71. The van der Waals surface area contributed by atoms with Gasteiger partial charge in [-0.3, -0.25) is 9.69 Å². The summed E-state index contributed by atoms with van der Waals surface area (Å²) in [5, 5.41) is 10.6. The minimum Gasteiger partial charge on any atom is -0.396 e. The van der Waals surface area contributed by atoms with Crippen LogP contribution in [-0.4, -0.2) is 42.5 Å². The van der Waals surface area contributed by atoms with E-state index in [1.54, 1.807) is 0 Å². The predicted molar refractivity (Wildman–Crippen MR) is 74.8 cm³/mol. The Bertz CT molecular complexity index is 354. The van der Waals surface area contributed by atoms with Crippen molar-refractivity contribution in [3.05, 3.63) is 20.8 Å². The van der Waals surface area contributed by atoms with Crippen LogP contribution < -0.4 is 0 Å². The van der Waals surface area contributed by atoms with Gasteiger partial charge in [0.15, 0.2) is 5.78 Å². The maximum Gasteiger partial charge on any atom is 0.187 e. The third kappa shape index (κ3) is 5.29. The molecule has 0 bridgehead atoms. The number of thiophene rings is 1. The standard InChI is InChI=1S/C12H18BrNO2S/c1-14(6-3-2-4-7-15)9-11(16)12-10(13)5-8-17-12/h5,8,15H,2-4,6-7,9H2,1H3. The first kappa shape index (κ1) is 14.8. The number of rotatable bonds is 8. The lowest BCUT2D eigenvalue weighted by Crippen LogP contribution is -2.26. The Morgan fingerprint density at radius 3 is 2.82 bits per heavy atom. The Hall–Kier alpha value is -0.230. The molecule has 0 radical (unpaired) electrons. The molecule has 0 aliphatic heterocycles. The summed E-state index contributed by atoms with van der Waals surface area (Å²) in [7, 11) is 1.96. The highest BCUT2D eigenvalue weighted by Crippen LogP contribution is 2.23. The Balaban J connectivity index is 2.29. The van der Waals surface area contributed by atoms with E-state index in [-0.39, 0.29) is 12.4 Å². The van der Waals surface area contributed by atoms with Gasteiger partial charge in [0, 0.05) is 11.1 Å². The zero-order valence-corrected chi connectivity index (χ0v) is 12.4. The summed E-state index contributed by atoms with van der Waals surface area (Å²) in [6.07, 6.45) is 2.88. The fourth-order valence-electron chi connectivity index (χ4n) is 1.56. The van der Waals surface area contributed by atoms with E-state index in [4.69, 9.17) is 5.11 Å². The monoisotopic (exact) mass is 319 g/mol. The second-order valence-electron chi connectivity index (χ2n) is 4.04. The van der Waals surface area contributed by atoms with Gasteiger partial charge in [0.2, 0.25) is 0 Å². The number of aliphatic hydroxyl groups is 1. The molecule has 96 valence electrons. The molecular formula is C12H18BrNO2S. The quantitative estimate of drug-likeness (QED) is 0.591. The lowest BCUT2D eigenvalue weighted by Gasteiger charge is -2.14. The molecule has 0 amide bonds. The molecule has 0 saturated carbocycles. The van der Waals surface area contributed by atoms with Crippen molar-refractivity contribution < 1.29 is 9.90 Å². The number of aliphatic hydroxyl groups excluding tert-OH is 1. The van der Waals surface area contributed by atoms with Gasteiger partial charge in [-0.05, 0) is 60.2 Å². The lowest BCUT2D eigenvalue weighted by atomic mass is 10.2. The summed E-state index contributed by atoms with van der Waals surface area (Å²) in [5.41, 5.74) is 0. The molecule has 1 N–H and O–H groups in total. The molecule has 17 heavy (non-hydrogen) atoms. The topological polar surface area (TPSA) is 40.5 Å². The van der Waals surface area contributed by atoms with Crippen LogP contribution in [0.25, 0.3) is 0 Å². The van der Waals surface area contributed by atoms with Gasteiger partial charge in [0.1, 0.15) is 0 Å². The predicted octanol–water partition coefficient (Wildman–Crippen LogP) is 2.79. The van der Waals surface area contributed by atoms with E-state index in [1.807, 2.05) is 23.4 Å². The number of ketones is 1. The minimum atomic E-state index is 0.163. The molecule has 0 fully saturated rings. The molecule has 0 aliphatic rings. The summed E-state index contributed by atoms with van der Waals surface area (Å²) < 4.78 is 0.890. The fourth-order valence-corrected chi connectivity index (χ4v) is 3.08. The van der Waals surface area contributed by atoms with Crippen LogP contribution >= 0.6 is 27.3 Å². The molecule has 0 unspecified atom stereocenters. The first-order valence-electron chi connectivity index (χ1n) is 5.70. The zero-order chi connectivity index (χ0) is 12.7. The van der Waals surface area contributed by atoms with Crippen molar-refractivity contribution >= 4 is 33.0 Å². The van der Waals surface area contributed by atoms with E-state index in [2.05, 4.69) is 15.9 Å². The van der Waals surface area contributed by atoms with Crippen molar-refractivity contribution in [1.29, 1.82) is 0 Å². The van der Waals surface area contributed by atoms with E-state index in [0.717, 1.165) is 35.2 Å². The van der Waals surface area contributed by atoms with Crippen LogP contribution in [0, 0.1) is 0 Å². The molecule has 0 aromatic carbocycles. The SMILES string of the molecule is CN(CCCCCO)CC(=O)c1sccc1Br. The normalized spacial score (nSPS) is 11.1. The van der Waals surface area contributed by atoms with Crippen LogP contribution in [0.4, 0.5) is 0 Å². The van der Waals surface area contributed by atoms with Crippen LogP contribution in [0.1, 0.15) is 28.9 Å². The number of unbranched alkanes of at least 4 members (excludes halogenated alkanes) is 2. The Morgan fingerprint density at radius 2 is 2.24 bits per heavy atom. The van der Waals surface area contributed by atoms with E-state index in [1.165, 1.54) is 11.3 Å². The van der Waals surface area contributed by atoms with Crippen molar-refractivity contribution in [2.45, 2.75) is 19.3 Å². The van der Waals surface area contributed by atoms with Gasteiger partial charge in [-0.2, -0.15) is 0 Å². The van der Waals surface area contributed by atoms with Crippen LogP contribution in [0.2, 0.25) is 0 Å². The maximum absolute atomic E-state index is 11.9. The number of halogens is 1. The Kier molecular flexibility index (Phi) is 6.96. The molecule has 3 nitrogen and oxygen atoms in total. The molecule has 1 rings (SSSR count). The second-order valence-corrected chi connectivity index (χ2v) is 5.81. The lowest BCUT2D eigenvalue weighted by molar-refractivity contribution is 0.0948. The minimum absolute atomic E-state index is 0.163. The van der Waals surface area contributed by atoms with Crippen LogP contribution in [0.15, 0.2) is 15.9 Å². The summed E-state index contributed by atoms with van der Waals surface area (Å²) in [4.78, 5) is 14.8. The number of carbonyl (C=O) groups excluding carboxylic acids is 1. The number of nitrogens with zero attached hydrogens (tertiary/aromatic N) is 1. The van der Waals surface area contributed by atoms with E-state index in [0.29, 0.717) is 6.54 Å². The molecule has 1 aromatic rings. The first-order chi connectivity index (χ1) is 8.15. The summed E-state index contributed by atoms with van der Waals surface area (Å²) in [6, 6.07) is 1.90. The molecule has 1 aromatic heterocycles. The number of hydrogen-bond donors (Lipinski definition) is 1. The van der Waals surface area contributed by atoms with Gasteiger partial charge < -0.3 is 5.11 Å². The second kappa shape index (κ2) is 7.97. The van der Waals surface area contributed by atoms with Gasteiger partial charge >= 0.3 is 0 Å². The van der Waals surface area contributed by atoms with Crippen molar-refractivity contribution in [2.24, 2.45) is 0 Å². The third-order valence-electron chi connectivity index (χ3n) is 2.48. The van der Waals surface area contributed by atoms with Crippen LogP contribution in [0.5, 0.6) is 0 Å². The first-order valence-corrected chi connectivity index (χ1v) is 7.38. The Labute approximate surface area is 115 Å². The number of hydrogen-bond acceptors (Lipinski definition) is 4. The average molecular weight is 320 g/mol. The van der Waals surface area contributed by atoms with E-state index >= 15 is 0 Å². The summed E-state index contributed by atoms with van der Waals surface area (Å²) in [5.74, 6) is 0.163. The highest BCUT2D eigenvalue weighted by atomic mass is 79.9. The van der Waals surface area contributed by atoms with Gasteiger partial charge in [-0.1, -0.05) is 0 Å². The van der Waals surface area contributed by atoms with Crippen molar-refractivity contribution in [3.8, 4) is 0 Å². The third-order valence-corrected chi connectivity index (χ3v) is 4.36. The zero-order valence-electron chi connectivity index (χ0n) is 9.99. The largest absolute Gasteiger partial charge is 0.396 e. The van der Waals surface area contributed by atoms with Crippen molar-refractivity contribution in [1.82, 2.24) is 4.90 Å². The van der Waals surface area contributed by atoms with Gasteiger partial charge in [0.25, 0.3) is 0 Å². The molecule has 0 spiro atoms. The van der Waals surface area contributed by atoms with Crippen LogP contribution in [-0.2, 0) is 0 Å². The molecule has 0 atom stereocenters. The van der Waals surface area contributed by atoms with Gasteiger partial charge in [-0.15, -0.1) is 11.3 Å². The maximum atomic E-state index is 11.9. The van der Waals surface area contributed by atoms with Crippen LogP contribution in [0.3, 0.4) is 0 Å².